The largest absolute Gasteiger partial charge is 0.484 e. The zero-order valence-corrected chi connectivity index (χ0v) is 14.6. The van der Waals surface area contributed by atoms with Gasteiger partial charge in [0.1, 0.15) is 5.75 Å². The van der Waals surface area contributed by atoms with E-state index in [1.54, 1.807) is 0 Å². The van der Waals surface area contributed by atoms with Crippen molar-refractivity contribution < 1.29 is 14.3 Å². The third-order valence-electron chi connectivity index (χ3n) is 4.90. The van der Waals surface area contributed by atoms with Crippen LogP contribution in [0.3, 0.4) is 0 Å². The zero-order chi connectivity index (χ0) is 16.8. The topological polar surface area (TPSA) is 42.0 Å². The summed E-state index contributed by atoms with van der Waals surface area (Å²) in [5.74, 6) is 0.837. The van der Waals surface area contributed by atoms with Crippen LogP contribution in [0.4, 0.5) is 0 Å². The van der Waals surface area contributed by atoms with Crippen molar-refractivity contribution in [1.82, 2.24) is 9.80 Å². The van der Waals surface area contributed by atoms with Gasteiger partial charge in [-0.15, -0.1) is 0 Å². The molecule has 2 aliphatic heterocycles. The van der Waals surface area contributed by atoms with Gasteiger partial charge in [0.2, 0.25) is 0 Å². The van der Waals surface area contributed by atoms with E-state index in [0.29, 0.717) is 6.10 Å². The molecule has 24 heavy (non-hydrogen) atoms. The molecule has 132 valence electrons. The van der Waals surface area contributed by atoms with Crippen LogP contribution < -0.4 is 4.74 Å². The highest BCUT2D eigenvalue weighted by molar-refractivity contribution is 5.77. The van der Waals surface area contributed by atoms with Crippen molar-refractivity contribution in [2.24, 2.45) is 0 Å². The lowest BCUT2D eigenvalue weighted by molar-refractivity contribution is -0.135. The van der Waals surface area contributed by atoms with Gasteiger partial charge in [0, 0.05) is 39.3 Å². The molecule has 0 saturated carbocycles. The van der Waals surface area contributed by atoms with E-state index in [4.69, 9.17) is 9.47 Å². The van der Waals surface area contributed by atoms with Crippen LogP contribution in [0, 0.1) is 0 Å². The lowest BCUT2D eigenvalue weighted by atomic mass is 10.2. The van der Waals surface area contributed by atoms with Gasteiger partial charge < -0.3 is 14.4 Å². The molecule has 5 nitrogen and oxygen atoms in total. The second-order valence-electron chi connectivity index (χ2n) is 6.60. The number of ether oxygens (including phenoxy) is 2. The summed E-state index contributed by atoms with van der Waals surface area (Å²) in [5.41, 5.74) is 1.27. The quantitative estimate of drug-likeness (QED) is 0.798. The van der Waals surface area contributed by atoms with Crippen LogP contribution >= 0.6 is 0 Å². The number of amides is 1. The summed E-state index contributed by atoms with van der Waals surface area (Å²) in [4.78, 5) is 16.6. The average molecular weight is 332 g/mol. The molecule has 2 heterocycles. The first kappa shape index (κ1) is 17.2. The van der Waals surface area contributed by atoms with Gasteiger partial charge >= 0.3 is 0 Å². The number of carbonyl (C=O) groups is 1. The first-order valence-electron chi connectivity index (χ1n) is 9.08. The second-order valence-corrected chi connectivity index (χ2v) is 6.60. The molecule has 0 bridgehead atoms. The minimum atomic E-state index is 0.0753. The smallest absolute Gasteiger partial charge is 0.260 e. The van der Waals surface area contributed by atoms with Crippen molar-refractivity contribution >= 4 is 5.91 Å². The third-order valence-corrected chi connectivity index (χ3v) is 4.90. The first-order valence-corrected chi connectivity index (χ1v) is 9.08. The fraction of sp³-hybridized carbons (Fsp3) is 0.632. The Balaban J connectivity index is 1.38. The highest BCUT2D eigenvalue weighted by atomic mass is 16.5. The molecule has 1 atom stereocenters. The number of hydrogen-bond acceptors (Lipinski definition) is 4. The SMILES string of the molecule is CCc1ccc(OCC(=O)N2CCN(CC3CCCO3)CC2)cc1. The van der Waals surface area contributed by atoms with Gasteiger partial charge in [-0.05, 0) is 37.0 Å². The number of hydrogen-bond donors (Lipinski definition) is 0. The maximum absolute atomic E-state index is 12.3. The molecule has 3 rings (SSSR count). The van der Waals surface area contributed by atoms with E-state index in [1.807, 2.05) is 29.2 Å². The predicted octanol–water partition coefficient (Wildman–Crippen LogP) is 1.95. The van der Waals surface area contributed by atoms with Gasteiger partial charge in [-0.1, -0.05) is 19.1 Å². The van der Waals surface area contributed by atoms with Crippen molar-refractivity contribution in [2.45, 2.75) is 32.3 Å². The van der Waals surface area contributed by atoms with Gasteiger partial charge in [-0.25, -0.2) is 0 Å². The predicted molar refractivity (Wildman–Crippen MR) is 93.3 cm³/mol. The number of rotatable bonds is 6. The Morgan fingerprint density at radius 3 is 2.58 bits per heavy atom. The van der Waals surface area contributed by atoms with Crippen LogP contribution in [0.5, 0.6) is 5.75 Å². The Labute approximate surface area is 144 Å². The number of carbonyl (C=O) groups excluding carboxylic acids is 1. The van der Waals surface area contributed by atoms with E-state index < -0.39 is 0 Å². The van der Waals surface area contributed by atoms with Crippen LogP contribution in [-0.2, 0) is 16.0 Å². The fourth-order valence-corrected chi connectivity index (χ4v) is 3.31. The molecule has 2 fully saturated rings. The molecule has 0 aliphatic carbocycles. The van der Waals surface area contributed by atoms with Gasteiger partial charge in [0.15, 0.2) is 6.61 Å². The summed E-state index contributed by atoms with van der Waals surface area (Å²) < 4.78 is 11.3. The summed E-state index contributed by atoms with van der Waals surface area (Å²) in [6.07, 6.45) is 3.75. The summed E-state index contributed by atoms with van der Waals surface area (Å²) in [6.45, 7) is 7.57. The molecule has 0 N–H and O–H groups in total. The molecular weight excluding hydrogens is 304 g/mol. The number of benzene rings is 1. The zero-order valence-electron chi connectivity index (χ0n) is 14.6. The van der Waals surface area contributed by atoms with Crippen molar-refractivity contribution in [3.8, 4) is 5.75 Å². The molecule has 2 saturated heterocycles. The van der Waals surface area contributed by atoms with Crippen molar-refractivity contribution in [2.75, 3.05) is 45.9 Å². The minimum Gasteiger partial charge on any atom is -0.484 e. The molecule has 1 aromatic rings. The van der Waals surface area contributed by atoms with Crippen LogP contribution in [0.25, 0.3) is 0 Å². The lowest BCUT2D eigenvalue weighted by Crippen LogP contribution is -2.51. The summed E-state index contributed by atoms with van der Waals surface area (Å²) in [5, 5.41) is 0. The summed E-state index contributed by atoms with van der Waals surface area (Å²) in [6, 6.07) is 7.96. The van der Waals surface area contributed by atoms with Crippen molar-refractivity contribution in [3.05, 3.63) is 29.8 Å². The van der Waals surface area contributed by atoms with Gasteiger partial charge in [-0.3, -0.25) is 9.69 Å². The van der Waals surface area contributed by atoms with Gasteiger partial charge in [-0.2, -0.15) is 0 Å². The van der Waals surface area contributed by atoms with Crippen LogP contribution in [0.2, 0.25) is 0 Å². The maximum Gasteiger partial charge on any atom is 0.260 e. The normalized spacial score (nSPS) is 21.9. The Morgan fingerprint density at radius 1 is 1.21 bits per heavy atom. The van der Waals surface area contributed by atoms with E-state index in [0.717, 1.165) is 51.5 Å². The molecule has 0 aromatic heterocycles. The van der Waals surface area contributed by atoms with Gasteiger partial charge in [0.05, 0.1) is 6.10 Å². The molecule has 0 radical (unpaired) electrons. The second kappa shape index (κ2) is 8.49. The Morgan fingerprint density at radius 2 is 1.96 bits per heavy atom. The standard InChI is InChI=1S/C19H28N2O3/c1-2-16-5-7-17(8-6-16)24-15-19(22)21-11-9-20(10-12-21)14-18-4-3-13-23-18/h5-8,18H,2-4,9-15H2,1H3. The molecule has 5 heteroatoms. The van der Waals surface area contributed by atoms with E-state index >= 15 is 0 Å². The van der Waals surface area contributed by atoms with E-state index in [1.165, 1.54) is 18.4 Å². The summed E-state index contributed by atoms with van der Waals surface area (Å²) in [7, 11) is 0. The maximum atomic E-state index is 12.3. The van der Waals surface area contributed by atoms with Gasteiger partial charge in [0.25, 0.3) is 5.91 Å². The molecule has 1 aromatic carbocycles. The summed E-state index contributed by atoms with van der Waals surface area (Å²) >= 11 is 0. The number of aryl methyl sites for hydroxylation is 1. The van der Waals surface area contributed by atoms with Crippen LogP contribution in [0.15, 0.2) is 24.3 Å². The first-order chi connectivity index (χ1) is 11.7. The highest BCUT2D eigenvalue weighted by Gasteiger charge is 2.24. The highest BCUT2D eigenvalue weighted by Crippen LogP contribution is 2.15. The van der Waals surface area contributed by atoms with Crippen LogP contribution in [0.1, 0.15) is 25.3 Å². The van der Waals surface area contributed by atoms with Crippen molar-refractivity contribution in [3.63, 3.8) is 0 Å². The van der Waals surface area contributed by atoms with Crippen molar-refractivity contribution in [1.29, 1.82) is 0 Å². The minimum absolute atomic E-state index is 0.0753. The Hall–Kier alpha value is -1.59. The molecular formula is C19H28N2O3. The van der Waals surface area contributed by atoms with E-state index in [2.05, 4.69) is 11.8 Å². The lowest BCUT2D eigenvalue weighted by Gasteiger charge is -2.35. The third kappa shape index (κ3) is 4.71. The van der Waals surface area contributed by atoms with E-state index in [-0.39, 0.29) is 12.5 Å². The average Bonchev–Trinajstić information content (AvgIpc) is 3.14. The molecule has 1 unspecified atom stereocenters. The Bertz CT molecular complexity index is 518. The molecule has 0 spiro atoms. The number of piperazine rings is 1. The molecule has 2 aliphatic rings. The monoisotopic (exact) mass is 332 g/mol. The van der Waals surface area contributed by atoms with E-state index in [9.17, 15) is 4.79 Å². The fourth-order valence-electron chi connectivity index (χ4n) is 3.31. The molecule has 1 amide bonds. The Kier molecular flexibility index (Phi) is 6.10. The number of nitrogens with zero attached hydrogens (tertiary/aromatic N) is 2. The van der Waals surface area contributed by atoms with Crippen LogP contribution in [-0.4, -0.2) is 67.7 Å².